The zero-order chi connectivity index (χ0) is 13.8. The highest BCUT2D eigenvalue weighted by Crippen LogP contribution is 2.54. The first-order valence-electron chi connectivity index (χ1n) is 7.34. The molecule has 2 N–H and O–H groups in total. The van der Waals surface area contributed by atoms with Crippen molar-refractivity contribution in [1.29, 1.82) is 0 Å². The monoisotopic (exact) mass is 272 g/mol. The molecule has 2 heterocycles. The van der Waals surface area contributed by atoms with E-state index in [1.165, 1.54) is 11.1 Å². The lowest BCUT2D eigenvalue weighted by Gasteiger charge is -2.52. The van der Waals surface area contributed by atoms with E-state index in [4.69, 9.17) is 4.74 Å². The highest BCUT2D eigenvalue weighted by Gasteiger charge is 2.55. The summed E-state index contributed by atoms with van der Waals surface area (Å²) in [4.78, 5) is 4.55. The fourth-order valence-electron chi connectivity index (χ4n) is 4.36. The fourth-order valence-corrected chi connectivity index (χ4v) is 4.36. The second-order valence-electron chi connectivity index (χ2n) is 6.18. The lowest BCUT2D eigenvalue weighted by atomic mass is 9.61. The van der Waals surface area contributed by atoms with E-state index in [2.05, 4.69) is 22.4 Å². The van der Waals surface area contributed by atoms with Crippen molar-refractivity contribution in [3.05, 3.63) is 29.3 Å². The first-order chi connectivity index (χ1) is 9.76. The predicted molar refractivity (Wildman–Crippen MR) is 77.7 cm³/mol. The number of fused-ring (bicyclic) bond motifs is 2. The van der Waals surface area contributed by atoms with Gasteiger partial charge in [0.15, 0.2) is 0 Å². The maximum atomic E-state index is 10.0. The molecule has 3 atom stereocenters. The highest BCUT2D eigenvalue weighted by atomic mass is 16.5. The third-order valence-corrected chi connectivity index (χ3v) is 5.34. The quantitative estimate of drug-likeness (QED) is 0.860. The molecule has 20 heavy (non-hydrogen) atoms. The number of hydrogen-bond donors (Lipinski definition) is 2. The molecule has 1 aromatic carbocycles. The number of nitrogens with zero attached hydrogens (tertiary/aromatic N) is 1. The van der Waals surface area contributed by atoms with Crippen molar-refractivity contribution in [2.24, 2.45) is 4.99 Å². The van der Waals surface area contributed by atoms with Crippen LogP contribution in [0, 0.1) is 0 Å². The summed E-state index contributed by atoms with van der Waals surface area (Å²) in [5.74, 6) is 0. The summed E-state index contributed by atoms with van der Waals surface area (Å²) >= 11 is 0. The number of benzene rings is 1. The van der Waals surface area contributed by atoms with Crippen LogP contribution >= 0.6 is 0 Å². The van der Waals surface area contributed by atoms with Gasteiger partial charge in [0.1, 0.15) is 5.60 Å². The summed E-state index contributed by atoms with van der Waals surface area (Å²) in [5.41, 5.74) is 2.80. The molecule has 0 spiro atoms. The number of methoxy groups -OCH3 is 1. The number of aliphatic hydroxyl groups is 1. The average Bonchev–Trinajstić information content (AvgIpc) is 2.88. The molecule has 1 unspecified atom stereocenters. The molecule has 4 rings (SSSR count). The number of aliphatic imine (C=N–C) groups is 1. The molecule has 1 aromatic rings. The Bertz CT molecular complexity index is 586. The maximum absolute atomic E-state index is 10.0. The van der Waals surface area contributed by atoms with Gasteiger partial charge in [-0.3, -0.25) is 4.99 Å². The van der Waals surface area contributed by atoms with Gasteiger partial charge in [-0.2, -0.15) is 0 Å². The molecular weight excluding hydrogens is 252 g/mol. The van der Waals surface area contributed by atoms with Crippen molar-refractivity contribution in [3.8, 4) is 0 Å². The van der Waals surface area contributed by atoms with Gasteiger partial charge >= 0.3 is 0 Å². The normalized spacial score (nSPS) is 37.6. The van der Waals surface area contributed by atoms with Crippen molar-refractivity contribution in [1.82, 2.24) is 5.32 Å². The summed E-state index contributed by atoms with van der Waals surface area (Å²) < 4.78 is 6.03. The average molecular weight is 272 g/mol. The van der Waals surface area contributed by atoms with Crippen LogP contribution in [0.2, 0.25) is 0 Å². The van der Waals surface area contributed by atoms with E-state index in [0.29, 0.717) is 0 Å². The largest absolute Gasteiger partial charge is 0.395 e. The Balaban J connectivity index is 1.98. The number of piperidine rings is 1. The van der Waals surface area contributed by atoms with Gasteiger partial charge in [-0.05, 0) is 43.0 Å². The number of ether oxygens (including phenoxy) is 1. The van der Waals surface area contributed by atoms with Crippen LogP contribution in [0.3, 0.4) is 0 Å². The van der Waals surface area contributed by atoms with Crippen molar-refractivity contribution in [3.63, 3.8) is 0 Å². The number of nitrogens with one attached hydrogen (secondary N) is 1. The highest BCUT2D eigenvalue weighted by molar-refractivity contribution is 5.87. The standard InChI is InChI=1S/C16H20N2O2/c1-20-16-6-3-7-17-13(16)8-15(10-19)9-18-12-5-2-4-11(16)14(12)15/h2,4-5,9,13,17,19H,3,6-8,10H2,1H3/t13-,15?,16+/m1/s1. The molecular formula is C16H20N2O2. The molecule has 4 nitrogen and oxygen atoms in total. The SMILES string of the molecule is CO[C@]12CCCN[C@@H]1CC1(CO)C=Nc3cccc2c31. The van der Waals surface area contributed by atoms with E-state index in [1.807, 2.05) is 12.3 Å². The smallest absolute Gasteiger partial charge is 0.108 e. The molecule has 3 aliphatic rings. The van der Waals surface area contributed by atoms with Crippen LogP contribution in [0.4, 0.5) is 5.69 Å². The van der Waals surface area contributed by atoms with Crippen molar-refractivity contribution in [2.45, 2.75) is 36.3 Å². The molecule has 2 aliphatic heterocycles. The molecule has 1 saturated heterocycles. The van der Waals surface area contributed by atoms with Gasteiger partial charge in [0.25, 0.3) is 0 Å². The van der Waals surface area contributed by atoms with Crippen LogP contribution in [-0.4, -0.2) is 37.6 Å². The van der Waals surface area contributed by atoms with Gasteiger partial charge in [0.05, 0.1) is 17.7 Å². The molecule has 1 aliphatic carbocycles. The number of aliphatic hydroxyl groups excluding tert-OH is 1. The molecule has 0 amide bonds. The Morgan fingerprint density at radius 2 is 2.40 bits per heavy atom. The molecule has 0 bridgehead atoms. The van der Waals surface area contributed by atoms with Gasteiger partial charge in [-0.1, -0.05) is 12.1 Å². The van der Waals surface area contributed by atoms with Gasteiger partial charge in [-0.15, -0.1) is 0 Å². The Labute approximate surface area is 118 Å². The molecule has 0 aromatic heterocycles. The van der Waals surface area contributed by atoms with Gasteiger partial charge in [0, 0.05) is 19.4 Å². The molecule has 0 radical (unpaired) electrons. The van der Waals surface area contributed by atoms with E-state index >= 15 is 0 Å². The summed E-state index contributed by atoms with van der Waals surface area (Å²) in [6, 6.07) is 6.48. The van der Waals surface area contributed by atoms with Gasteiger partial charge < -0.3 is 15.2 Å². The van der Waals surface area contributed by atoms with Gasteiger partial charge in [0.2, 0.25) is 0 Å². The van der Waals surface area contributed by atoms with Crippen LogP contribution < -0.4 is 5.32 Å². The lowest BCUT2D eigenvalue weighted by molar-refractivity contribution is -0.0822. The summed E-state index contributed by atoms with van der Waals surface area (Å²) in [5, 5.41) is 13.6. The zero-order valence-electron chi connectivity index (χ0n) is 11.7. The van der Waals surface area contributed by atoms with E-state index < -0.39 is 0 Å². The predicted octanol–water partition coefficient (Wildman–Crippen LogP) is 1.63. The minimum Gasteiger partial charge on any atom is -0.395 e. The topological polar surface area (TPSA) is 53.8 Å². The fraction of sp³-hybridized carbons (Fsp3) is 0.562. The molecule has 0 saturated carbocycles. The van der Waals surface area contributed by atoms with E-state index in [9.17, 15) is 5.11 Å². The first kappa shape index (κ1) is 12.5. The second kappa shape index (κ2) is 4.13. The summed E-state index contributed by atoms with van der Waals surface area (Å²) in [6.45, 7) is 1.13. The molecule has 106 valence electrons. The second-order valence-corrected chi connectivity index (χ2v) is 6.18. The summed E-state index contributed by atoms with van der Waals surface area (Å²) in [6.07, 6.45) is 4.93. The maximum Gasteiger partial charge on any atom is 0.108 e. The van der Waals surface area contributed by atoms with Crippen LogP contribution in [-0.2, 0) is 15.8 Å². The zero-order valence-corrected chi connectivity index (χ0v) is 11.7. The van der Waals surface area contributed by atoms with Crippen LogP contribution in [0.15, 0.2) is 23.2 Å². The van der Waals surface area contributed by atoms with E-state index in [-0.39, 0.29) is 23.7 Å². The Morgan fingerprint density at radius 1 is 1.50 bits per heavy atom. The first-order valence-corrected chi connectivity index (χ1v) is 7.34. The number of hydrogen-bond acceptors (Lipinski definition) is 4. The minimum absolute atomic E-state index is 0.110. The van der Waals surface area contributed by atoms with Crippen LogP contribution in [0.5, 0.6) is 0 Å². The number of rotatable bonds is 2. The van der Waals surface area contributed by atoms with E-state index in [1.54, 1.807) is 7.11 Å². The van der Waals surface area contributed by atoms with Crippen molar-refractivity contribution < 1.29 is 9.84 Å². The summed E-state index contributed by atoms with van der Waals surface area (Å²) in [7, 11) is 1.81. The third kappa shape index (κ3) is 1.34. The van der Waals surface area contributed by atoms with E-state index in [0.717, 1.165) is 31.5 Å². The Hall–Kier alpha value is -1.23. The van der Waals surface area contributed by atoms with Crippen molar-refractivity contribution >= 4 is 11.9 Å². The molecule has 4 heteroatoms. The minimum atomic E-state index is -0.330. The Kier molecular flexibility index (Phi) is 2.58. The van der Waals surface area contributed by atoms with Gasteiger partial charge in [-0.25, -0.2) is 0 Å². The van der Waals surface area contributed by atoms with Crippen LogP contribution in [0.25, 0.3) is 0 Å². The van der Waals surface area contributed by atoms with Crippen molar-refractivity contribution in [2.75, 3.05) is 20.3 Å². The lowest BCUT2D eigenvalue weighted by Crippen LogP contribution is -2.60. The van der Waals surface area contributed by atoms with Crippen LogP contribution in [0.1, 0.15) is 30.4 Å². The third-order valence-electron chi connectivity index (χ3n) is 5.34. The Morgan fingerprint density at radius 3 is 3.20 bits per heavy atom. The molecule has 1 fully saturated rings.